The Labute approximate surface area is 91.4 Å². The van der Waals surface area contributed by atoms with Crippen LogP contribution in [0.25, 0.3) is 0 Å². The Hall–Kier alpha value is -0.660. The third-order valence-corrected chi connectivity index (χ3v) is 4.27. The minimum absolute atomic E-state index is 0.0125. The van der Waals surface area contributed by atoms with Crippen LogP contribution in [0, 0.1) is 23.2 Å². The summed E-state index contributed by atoms with van der Waals surface area (Å²) in [5.41, 5.74) is -0.0125. The van der Waals surface area contributed by atoms with Crippen molar-refractivity contribution in [1.29, 1.82) is 0 Å². The summed E-state index contributed by atoms with van der Waals surface area (Å²) in [6.45, 7) is 6.08. The fourth-order valence-electron chi connectivity index (χ4n) is 3.57. The van der Waals surface area contributed by atoms with E-state index in [0.717, 1.165) is 12.8 Å². The van der Waals surface area contributed by atoms with Crippen molar-refractivity contribution in [3.8, 4) is 0 Å². The molecule has 0 amide bonds. The van der Waals surface area contributed by atoms with Crippen LogP contribution < -0.4 is 0 Å². The Bertz CT molecular complexity index is 306. The summed E-state index contributed by atoms with van der Waals surface area (Å²) in [6, 6.07) is 0. The molecule has 0 N–H and O–H groups in total. The standard InChI is InChI=1S/C13H20O2/c1-8(2)12(15)11-9-4-5-13(11,3)7-10(14)6-9/h8-9,11H,4-7H2,1-3H3/t9?,11-,13?/m0/s1. The lowest BCUT2D eigenvalue weighted by atomic mass is 9.65. The van der Waals surface area contributed by atoms with Crippen molar-refractivity contribution in [3.05, 3.63) is 0 Å². The fraction of sp³-hybridized carbons (Fsp3) is 0.846. The van der Waals surface area contributed by atoms with Crippen LogP contribution in [0.15, 0.2) is 0 Å². The predicted molar refractivity (Wildman–Crippen MR) is 58.4 cm³/mol. The molecule has 0 aromatic heterocycles. The van der Waals surface area contributed by atoms with Gasteiger partial charge in [0.05, 0.1) is 0 Å². The predicted octanol–water partition coefficient (Wildman–Crippen LogP) is 2.61. The second kappa shape index (κ2) is 3.43. The van der Waals surface area contributed by atoms with Gasteiger partial charge in [0.25, 0.3) is 0 Å². The van der Waals surface area contributed by atoms with E-state index in [2.05, 4.69) is 6.92 Å². The highest BCUT2D eigenvalue weighted by atomic mass is 16.1. The summed E-state index contributed by atoms with van der Waals surface area (Å²) in [7, 11) is 0. The van der Waals surface area contributed by atoms with Gasteiger partial charge in [0.2, 0.25) is 0 Å². The van der Waals surface area contributed by atoms with Gasteiger partial charge in [-0.15, -0.1) is 0 Å². The summed E-state index contributed by atoms with van der Waals surface area (Å²) in [5, 5.41) is 0. The SMILES string of the molecule is CC(C)C(=O)[C@@H]1C2CCC1(C)CC(=O)C2. The van der Waals surface area contributed by atoms with Crippen molar-refractivity contribution in [2.45, 2.75) is 46.5 Å². The zero-order chi connectivity index (χ0) is 11.2. The molecular formula is C13H20O2. The van der Waals surface area contributed by atoms with Crippen LogP contribution >= 0.6 is 0 Å². The maximum Gasteiger partial charge on any atom is 0.139 e. The first kappa shape index (κ1) is 10.8. The minimum Gasteiger partial charge on any atom is -0.300 e. The number of carbonyl (C=O) groups is 2. The van der Waals surface area contributed by atoms with Crippen LogP contribution in [0.5, 0.6) is 0 Å². The zero-order valence-electron chi connectivity index (χ0n) is 9.88. The Balaban J connectivity index is 2.27. The molecule has 84 valence electrons. The van der Waals surface area contributed by atoms with Gasteiger partial charge in [0.1, 0.15) is 11.6 Å². The molecule has 2 fully saturated rings. The molecule has 0 heterocycles. The van der Waals surface area contributed by atoms with Crippen LogP contribution in [-0.2, 0) is 9.59 Å². The van der Waals surface area contributed by atoms with E-state index >= 15 is 0 Å². The van der Waals surface area contributed by atoms with Gasteiger partial charge < -0.3 is 0 Å². The van der Waals surface area contributed by atoms with Crippen molar-refractivity contribution < 1.29 is 9.59 Å². The number of fused-ring (bicyclic) bond motifs is 2. The number of hydrogen-bond acceptors (Lipinski definition) is 2. The molecule has 3 atom stereocenters. The molecule has 2 bridgehead atoms. The van der Waals surface area contributed by atoms with Gasteiger partial charge in [0, 0.05) is 24.7 Å². The number of hydrogen-bond donors (Lipinski definition) is 0. The summed E-state index contributed by atoms with van der Waals surface area (Å²) in [6.07, 6.45) is 3.42. The van der Waals surface area contributed by atoms with Gasteiger partial charge in [0.15, 0.2) is 0 Å². The minimum atomic E-state index is -0.0125. The molecule has 0 aliphatic heterocycles. The summed E-state index contributed by atoms with van der Waals surface area (Å²) < 4.78 is 0. The van der Waals surface area contributed by atoms with E-state index < -0.39 is 0 Å². The third kappa shape index (κ3) is 1.64. The molecule has 0 saturated heterocycles. The first-order valence-electron chi connectivity index (χ1n) is 5.99. The monoisotopic (exact) mass is 208 g/mol. The van der Waals surface area contributed by atoms with Gasteiger partial charge in [-0.2, -0.15) is 0 Å². The van der Waals surface area contributed by atoms with Crippen molar-refractivity contribution in [1.82, 2.24) is 0 Å². The van der Waals surface area contributed by atoms with Crippen LogP contribution in [0.1, 0.15) is 46.5 Å². The zero-order valence-corrected chi connectivity index (χ0v) is 9.88. The first-order valence-corrected chi connectivity index (χ1v) is 5.99. The molecule has 2 unspecified atom stereocenters. The van der Waals surface area contributed by atoms with Gasteiger partial charge in [-0.25, -0.2) is 0 Å². The number of rotatable bonds is 2. The lowest BCUT2D eigenvalue weighted by Crippen LogP contribution is -2.40. The summed E-state index contributed by atoms with van der Waals surface area (Å²) in [4.78, 5) is 23.7. The van der Waals surface area contributed by atoms with Crippen molar-refractivity contribution in [3.63, 3.8) is 0 Å². The van der Waals surface area contributed by atoms with Crippen LogP contribution in [0.4, 0.5) is 0 Å². The number of ketones is 2. The van der Waals surface area contributed by atoms with Gasteiger partial charge in [-0.1, -0.05) is 20.8 Å². The molecule has 15 heavy (non-hydrogen) atoms. The van der Waals surface area contributed by atoms with E-state index in [1.165, 1.54) is 0 Å². The largest absolute Gasteiger partial charge is 0.300 e. The molecule has 0 spiro atoms. The second-order valence-electron chi connectivity index (χ2n) is 5.91. The fourth-order valence-corrected chi connectivity index (χ4v) is 3.57. The number of Topliss-reactive ketones (excluding diaryl/α,β-unsaturated/α-hetero) is 2. The second-order valence-corrected chi connectivity index (χ2v) is 5.91. The van der Waals surface area contributed by atoms with E-state index in [1.807, 2.05) is 13.8 Å². The maximum atomic E-state index is 12.2. The van der Waals surface area contributed by atoms with Crippen molar-refractivity contribution in [2.75, 3.05) is 0 Å². The topological polar surface area (TPSA) is 34.1 Å². The molecule has 0 aromatic rings. The van der Waals surface area contributed by atoms with Gasteiger partial charge in [-0.05, 0) is 24.2 Å². The molecule has 0 aromatic carbocycles. The maximum absolute atomic E-state index is 12.2. The average molecular weight is 208 g/mol. The smallest absolute Gasteiger partial charge is 0.139 e. The summed E-state index contributed by atoms with van der Waals surface area (Å²) >= 11 is 0. The molecule has 2 aliphatic carbocycles. The van der Waals surface area contributed by atoms with Gasteiger partial charge in [-0.3, -0.25) is 9.59 Å². The van der Waals surface area contributed by atoms with Crippen LogP contribution in [-0.4, -0.2) is 11.6 Å². The summed E-state index contributed by atoms with van der Waals surface area (Å²) in [5.74, 6) is 1.38. The van der Waals surface area contributed by atoms with Gasteiger partial charge >= 0.3 is 0 Å². The number of carbonyl (C=O) groups excluding carboxylic acids is 2. The molecule has 2 saturated carbocycles. The quantitative estimate of drug-likeness (QED) is 0.699. The van der Waals surface area contributed by atoms with E-state index in [-0.39, 0.29) is 17.3 Å². The normalized spacial score (nSPS) is 39.9. The van der Waals surface area contributed by atoms with E-state index in [0.29, 0.717) is 30.3 Å². The molecule has 2 nitrogen and oxygen atoms in total. The highest BCUT2D eigenvalue weighted by molar-refractivity contribution is 5.89. The molecule has 2 heteroatoms. The highest BCUT2D eigenvalue weighted by Crippen LogP contribution is 2.55. The Morgan fingerprint density at radius 1 is 1.47 bits per heavy atom. The Kier molecular flexibility index (Phi) is 2.48. The van der Waals surface area contributed by atoms with E-state index in [1.54, 1.807) is 0 Å². The Morgan fingerprint density at radius 2 is 2.13 bits per heavy atom. The molecule has 2 aliphatic rings. The van der Waals surface area contributed by atoms with E-state index in [4.69, 9.17) is 0 Å². The average Bonchev–Trinajstić information content (AvgIpc) is 2.32. The van der Waals surface area contributed by atoms with Crippen LogP contribution in [0.2, 0.25) is 0 Å². The third-order valence-electron chi connectivity index (χ3n) is 4.27. The van der Waals surface area contributed by atoms with Crippen LogP contribution in [0.3, 0.4) is 0 Å². The van der Waals surface area contributed by atoms with E-state index in [9.17, 15) is 9.59 Å². The molecule has 0 radical (unpaired) electrons. The molecular weight excluding hydrogens is 188 g/mol. The lowest BCUT2D eigenvalue weighted by molar-refractivity contribution is -0.136. The highest BCUT2D eigenvalue weighted by Gasteiger charge is 2.53. The van der Waals surface area contributed by atoms with Crippen molar-refractivity contribution in [2.24, 2.45) is 23.2 Å². The van der Waals surface area contributed by atoms with Crippen molar-refractivity contribution >= 4 is 11.6 Å². The lowest BCUT2D eigenvalue weighted by Gasteiger charge is -2.37. The first-order chi connectivity index (χ1) is 6.94. The Morgan fingerprint density at radius 3 is 2.67 bits per heavy atom. The molecule has 2 rings (SSSR count).